The van der Waals surface area contributed by atoms with Crippen LogP contribution in [0.3, 0.4) is 0 Å². The van der Waals surface area contributed by atoms with Crippen LogP contribution in [0.25, 0.3) is 0 Å². The average Bonchev–Trinajstić information content (AvgIpc) is 2.61. The van der Waals surface area contributed by atoms with E-state index in [1.807, 2.05) is 44.2 Å². The van der Waals surface area contributed by atoms with Crippen LogP contribution in [0.1, 0.15) is 19.4 Å². The lowest BCUT2D eigenvalue weighted by Gasteiger charge is -2.26. The number of rotatable bonds is 6. The van der Waals surface area contributed by atoms with Crippen LogP contribution in [0.15, 0.2) is 52.1 Å². The summed E-state index contributed by atoms with van der Waals surface area (Å²) >= 11 is 5.38. The zero-order valence-corrected chi connectivity index (χ0v) is 15.7. The van der Waals surface area contributed by atoms with E-state index in [1.54, 1.807) is 4.90 Å². The summed E-state index contributed by atoms with van der Waals surface area (Å²) in [4.78, 5) is 28.6. The minimum atomic E-state index is -0.571. The first-order valence-corrected chi connectivity index (χ1v) is 8.62. The zero-order valence-electron chi connectivity index (χ0n) is 14.9. The van der Waals surface area contributed by atoms with Crippen molar-refractivity contribution in [3.8, 4) is 0 Å². The van der Waals surface area contributed by atoms with Gasteiger partial charge in [0, 0.05) is 13.1 Å². The summed E-state index contributed by atoms with van der Waals surface area (Å²) in [5.41, 5.74) is 7.02. The number of hydrogen-bond acceptors (Lipinski definition) is 4. The summed E-state index contributed by atoms with van der Waals surface area (Å²) in [7, 11) is 0. The number of aromatic nitrogens is 2. The fourth-order valence-corrected chi connectivity index (χ4v) is 2.78. The number of thiocarbonyl (C=S) groups is 1. The van der Waals surface area contributed by atoms with Gasteiger partial charge in [0.25, 0.3) is 5.56 Å². The van der Waals surface area contributed by atoms with Gasteiger partial charge >= 0.3 is 5.69 Å². The Hall–Kier alpha value is -2.87. The molecule has 0 atom stereocenters. The number of anilines is 2. The van der Waals surface area contributed by atoms with Gasteiger partial charge in [-0.3, -0.25) is 14.3 Å². The molecule has 0 aliphatic rings. The third kappa shape index (κ3) is 4.40. The van der Waals surface area contributed by atoms with Gasteiger partial charge in [0.05, 0.1) is 6.54 Å². The van der Waals surface area contributed by atoms with Crippen LogP contribution in [0.5, 0.6) is 0 Å². The highest BCUT2D eigenvalue weighted by Gasteiger charge is 2.20. The highest BCUT2D eigenvalue weighted by Crippen LogP contribution is 2.17. The quantitative estimate of drug-likeness (QED) is 0.524. The third-order valence-corrected chi connectivity index (χ3v) is 4.14. The Balaban J connectivity index is 2.46. The Morgan fingerprint density at radius 3 is 2.58 bits per heavy atom. The van der Waals surface area contributed by atoms with Gasteiger partial charge in [0.2, 0.25) is 0 Å². The van der Waals surface area contributed by atoms with E-state index in [9.17, 15) is 9.59 Å². The Morgan fingerprint density at radius 2 is 2.00 bits per heavy atom. The molecule has 0 radical (unpaired) electrons. The van der Waals surface area contributed by atoms with E-state index in [-0.39, 0.29) is 18.1 Å². The summed E-state index contributed by atoms with van der Waals surface area (Å²) < 4.78 is 1.33. The molecule has 1 aromatic heterocycles. The second-order valence-electron chi connectivity index (χ2n) is 5.92. The topological polar surface area (TPSA) is 96.2 Å². The van der Waals surface area contributed by atoms with Crippen molar-refractivity contribution in [2.45, 2.75) is 20.4 Å². The SMILES string of the molecule is C=C(C)CNC(=S)N(CC)c1c(N)n(Cc2ccccc2)c(=O)[nH]c1=O. The molecule has 2 rings (SSSR count). The van der Waals surface area contributed by atoms with Crippen LogP contribution in [0, 0.1) is 0 Å². The predicted molar refractivity (Wildman–Crippen MR) is 110 cm³/mol. The summed E-state index contributed by atoms with van der Waals surface area (Å²) in [6, 6.07) is 9.40. The van der Waals surface area contributed by atoms with Crippen molar-refractivity contribution in [1.82, 2.24) is 14.9 Å². The van der Waals surface area contributed by atoms with E-state index in [0.29, 0.717) is 18.2 Å². The predicted octanol–water partition coefficient (Wildman–Crippen LogP) is 1.44. The monoisotopic (exact) mass is 373 g/mol. The number of nitrogens with one attached hydrogen (secondary N) is 2. The Labute approximate surface area is 157 Å². The number of hydrogen-bond donors (Lipinski definition) is 3. The molecule has 7 nitrogen and oxygen atoms in total. The molecule has 0 aliphatic heterocycles. The zero-order chi connectivity index (χ0) is 19.3. The second-order valence-corrected chi connectivity index (χ2v) is 6.31. The summed E-state index contributed by atoms with van der Waals surface area (Å²) in [6.07, 6.45) is 0. The van der Waals surface area contributed by atoms with Crippen molar-refractivity contribution in [2.75, 3.05) is 23.7 Å². The van der Waals surface area contributed by atoms with Gasteiger partial charge in [0.15, 0.2) is 10.8 Å². The lowest BCUT2D eigenvalue weighted by Crippen LogP contribution is -2.45. The van der Waals surface area contributed by atoms with Crippen molar-refractivity contribution in [3.05, 3.63) is 68.9 Å². The van der Waals surface area contributed by atoms with Crippen molar-refractivity contribution < 1.29 is 0 Å². The van der Waals surface area contributed by atoms with Gasteiger partial charge in [0.1, 0.15) is 5.82 Å². The van der Waals surface area contributed by atoms with Crippen LogP contribution in [-0.4, -0.2) is 27.8 Å². The maximum Gasteiger partial charge on any atom is 0.330 e. The molecule has 0 unspecified atom stereocenters. The van der Waals surface area contributed by atoms with Crippen LogP contribution >= 0.6 is 12.2 Å². The first kappa shape index (κ1) is 19.5. The fraction of sp³-hybridized carbons (Fsp3) is 0.278. The molecule has 2 aromatic rings. The molecule has 26 heavy (non-hydrogen) atoms. The minimum absolute atomic E-state index is 0.0731. The molecule has 0 bridgehead atoms. The third-order valence-electron chi connectivity index (χ3n) is 3.77. The van der Waals surface area contributed by atoms with Crippen molar-refractivity contribution in [1.29, 1.82) is 0 Å². The minimum Gasteiger partial charge on any atom is -0.383 e. The first-order valence-electron chi connectivity index (χ1n) is 8.21. The average molecular weight is 373 g/mol. The number of nitrogens with two attached hydrogens (primary N) is 1. The standard InChI is InChI=1S/C18H23N5O2S/c1-4-22(18(26)20-10-12(2)3)14-15(19)23(17(25)21-16(14)24)11-13-8-6-5-7-9-13/h5-9H,2,4,10-11,19H2,1,3H3,(H,20,26)(H,21,24,25). The van der Waals surface area contributed by atoms with Gasteiger partial charge in [-0.05, 0) is 31.6 Å². The van der Waals surface area contributed by atoms with E-state index in [4.69, 9.17) is 18.0 Å². The van der Waals surface area contributed by atoms with Gasteiger partial charge in [-0.1, -0.05) is 42.5 Å². The van der Waals surface area contributed by atoms with Gasteiger partial charge in [-0.25, -0.2) is 4.79 Å². The Bertz CT molecular complexity index is 917. The number of benzene rings is 1. The van der Waals surface area contributed by atoms with Crippen LogP contribution < -0.4 is 27.2 Å². The van der Waals surface area contributed by atoms with Gasteiger partial charge in [-0.15, -0.1) is 0 Å². The van der Waals surface area contributed by atoms with E-state index in [1.165, 1.54) is 4.57 Å². The molecule has 0 amide bonds. The summed E-state index contributed by atoms with van der Waals surface area (Å²) in [5.74, 6) is 0.0731. The Kier molecular flexibility index (Phi) is 6.35. The van der Waals surface area contributed by atoms with Gasteiger partial charge in [-0.2, -0.15) is 0 Å². The summed E-state index contributed by atoms with van der Waals surface area (Å²) in [5, 5.41) is 3.38. The molecule has 8 heteroatoms. The molecule has 0 saturated carbocycles. The Morgan fingerprint density at radius 1 is 1.35 bits per heavy atom. The molecule has 0 aliphatic carbocycles. The van der Waals surface area contributed by atoms with E-state index >= 15 is 0 Å². The maximum absolute atomic E-state index is 12.4. The lowest BCUT2D eigenvalue weighted by atomic mass is 10.2. The van der Waals surface area contributed by atoms with Crippen LogP contribution in [0.4, 0.5) is 11.5 Å². The molecule has 0 spiro atoms. The fourth-order valence-electron chi connectivity index (χ4n) is 2.49. The van der Waals surface area contributed by atoms with Crippen LogP contribution in [0.2, 0.25) is 0 Å². The number of nitrogens with zero attached hydrogens (tertiary/aromatic N) is 2. The normalized spacial score (nSPS) is 10.4. The largest absolute Gasteiger partial charge is 0.383 e. The maximum atomic E-state index is 12.4. The smallest absolute Gasteiger partial charge is 0.330 e. The molecule has 1 heterocycles. The molecule has 4 N–H and O–H groups in total. The second kappa shape index (κ2) is 8.48. The first-order chi connectivity index (χ1) is 12.3. The molecule has 0 fully saturated rings. The molecule has 0 saturated heterocycles. The number of nitrogen functional groups attached to an aromatic ring is 1. The molecular weight excluding hydrogens is 350 g/mol. The molecule has 138 valence electrons. The van der Waals surface area contributed by atoms with E-state index in [0.717, 1.165) is 11.1 Å². The van der Waals surface area contributed by atoms with Crippen molar-refractivity contribution in [2.24, 2.45) is 0 Å². The number of H-pyrrole nitrogens is 1. The molecule has 1 aromatic carbocycles. The number of aromatic amines is 1. The lowest BCUT2D eigenvalue weighted by molar-refractivity contribution is 0.730. The highest BCUT2D eigenvalue weighted by atomic mass is 32.1. The van der Waals surface area contributed by atoms with Crippen LogP contribution in [-0.2, 0) is 6.54 Å². The molecular formula is C18H23N5O2S. The van der Waals surface area contributed by atoms with Gasteiger partial charge < -0.3 is 16.0 Å². The summed E-state index contributed by atoms with van der Waals surface area (Å²) in [6.45, 7) is 8.68. The van der Waals surface area contributed by atoms with Crippen molar-refractivity contribution in [3.63, 3.8) is 0 Å². The van der Waals surface area contributed by atoms with Crippen molar-refractivity contribution >= 4 is 28.8 Å². The van der Waals surface area contributed by atoms with E-state index < -0.39 is 11.2 Å². The highest BCUT2D eigenvalue weighted by molar-refractivity contribution is 7.80. The van der Waals surface area contributed by atoms with E-state index in [2.05, 4.69) is 16.9 Å².